The highest BCUT2D eigenvalue weighted by Crippen LogP contribution is 2.19. The van der Waals surface area contributed by atoms with Crippen LogP contribution in [0.1, 0.15) is 12.5 Å². The molecule has 8 heteroatoms. The van der Waals surface area contributed by atoms with E-state index in [0.717, 1.165) is 5.69 Å². The first-order valence-corrected chi connectivity index (χ1v) is 11.7. The minimum absolute atomic E-state index is 0.0573. The Morgan fingerprint density at radius 1 is 1.07 bits per heavy atom. The van der Waals surface area contributed by atoms with Crippen LogP contribution in [0, 0.1) is 6.92 Å². The molecule has 1 fully saturated rings. The molecule has 2 aromatic carbocycles. The lowest BCUT2D eigenvalue weighted by atomic mass is 10.2. The molecule has 1 atom stereocenters. The number of hydrogen-bond donors (Lipinski definition) is 1. The van der Waals surface area contributed by atoms with Gasteiger partial charge in [0, 0.05) is 38.4 Å². The minimum Gasteiger partial charge on any atom is -0.481 e. The second-order valence-corrected chi connectivity index (χ2v) is 9.49. The third kappa shape index (κ3) is 5.96. The molecule has 2 aromatic rings. The van der Waals surface area contributed by atoms with Crippen LogP contribution in [0.4, 0.5) is 5.69 Å². The predicted octanol–water partition coefficient (Wildman–Crippen LogP) is 2.03. The van der Waals surface area contributed by atoms with E-state index in [2.05, 4.69) is 16.3 Å². The van der Waals surface area contributed by atoms with Crippen molar-refractivity contribution in [2.75, 3.05) is 43.4 Å². The van der Waals surface area contributed by atoms with Gasteiger partial charge >= 0.3 is 0 Å². The number of rotatable bonds is 8. The first kappa shape index (κ1) is 22.1. The fourth-order valence-electron chi connectivity index (χ4n) is 3.38. The van der Waals surface area contributed by atoms with Gasteiger partial charge in [0.05, 0.1) is 5.75 Å². The van der Waals surface area contributed by atoms with Crippen molar-refractivity contribution < 1.29 is 17.9 Å². The SMILES string of the molecule is Cc1cccc(N2CCN(S(=O)(=O)CCNC(=O)[C@H](C)Oc3ccccc3)CC2)c1. The van der Waals surface area contributed by atoms with Gasteiger partial charge < -0.3 is 15.0 Å². The van der Waals surface area contributed by atoms with E-state index in [1.165, 1.54) is 9.87 Å². The Morgan fingerprint density at radius 3 is 2.43 bits per heavy atom. The minimum atomic E-state index is -3.43. The Hall–Kier alpha value is -2.58. The van der Waals surface area contributed by atoms with Crippen molar-refractivity contribution in [2.45, 2.75) is 20.0 Å². The number of sulfonamides is 1. The highest BCUT2D eigenvalue weighted by atomic mass is 32.2. The first-order chi connectivity index (χ1) is 14.3. The molecule has 0 spiro atoms. The Labute approximate surface area is 178 Å². The molecule has 0 radical (unpaired) electrons. The summed E-state index contributed by atoms with van der Waals surface area (Å²) in [6.07, 6.45) is -0.701. The number of carbonyl (C=O) groups excluding carboxylic acids is 1. The summed E-state index contributed by atoms with van der Waals surface area (Å²) >= 11 is 0. The lowest BCUT2D eigenvalue weighted by Gasteiger charge is -2.35. The van der Waals surface area contributed by atoms with E-state index in [1.54, 1.807) is 19.1 Å². The monoisotopic (exact) mass is 431 g/mol. The van der Waals surface area contributed by atoms with Crippen LogP contribution in [0.2, 0.25) is 0 Å². The van der Waals surface area contributed by atoms with Crippen LogP contribution in [-0.4, -0.2) is 63.2 Å². The summed E-state index contributed by atoms with van der Waals surface area (Å²) < 4.78 is 32.4. The number of nitrogens with zero attached hydrogens (tertiary/aromatic N) is 2. The predicted molar refractivity (Wildman–Crippen MR) is 118 cm³/mol. The number of carbonyl (C=O) groups is 1. The molecule has 1 N–H and O–H groups in total. The molecule has 7 nitrogen and oxygen atoms in total. The Balaban J connectivity index is 1.43. The van der Waals surface area contributed by atoms with Crippen LogP contribution in [0.25, 0.3) is 0 Å². The van der Waals surface area contributed by atoms with E-state index in [9.17, 15) is 13.2 Å². The van der Waals surface area contributed by atoms with Gasteiger partial charge in [0.1, 0.15) is 5.75 Å². The summed E-state index contributed by atoms with van der Waals surface area (Å²) in [5.41, 5.74) is 2.30. The molecular formula is C22H29N3O4S. The van der Waals surface area contributed by atoms with Crippen molar-refractivity contribution in [3.63, 3.8) is 0 Å². The maximum Gasteiger partial charge on any atom is 0.260 e. The summed E-state index contributed by atoms with van der Waals surface area (Å²) in [4.78, 5) is 14.4. The Kier molecular flexibility index (Phi) is 7.33. The molecule has 0 saturated carbocycles. The van der Waals surface area contributed by atoms with Crippen molar-refractivity contribution in [1.29, 1.82) is 0 Å². The van der Waals surface area contributed by atoms with E-state index in [-0.39, 0.29) is 18.2 Å². The van der Waals surface area contributed by atoms with Gasteiger partial charge in [0.2, 0.25) is 10.0 Å². The van der Waals surface area contributed by atoms with Crippen LogP contribution >= 0.6 is 0 Å². The van der Waals surface area contributed by atoms with Crippen molar-refractivity contribution in [2.24, 2.45) is 0 Å². The molecule has 30 heavy (non-hydrogen) atoms. The molecule has 1 saturated heterocycles. The summed E-state index contributed by atoms with van der Waals surface area (Å²) in [7, 11) is -3.43. The first-order valence-electron chi connectivity index (χ1n) is 10.1. The number of aryl methyl sites for hydroxylation is 1. The molecule has 0 aromatic heterocycles. The van der Waals surface area contributed by atoms with Crippen LogP contribution < -0.4 is 15.0 Å². The van der Waals surface area contributed by atoms with Crippen molar-refractivity contribution in [1.82, 2.24) is 9.62 Å². The smallest absolute Gasteiger partial charge is 0.260 e. The maximum absolute atomic E-state index is 12.7. The van der Waals surface area contributed by atoms with Crippen molar-refractivity contribution >= 4 is 21.6 Å². The van der Waals surface area contributed by atoms with E-state index in [0.29, 0.717) is 31.9 Å². The number of benzene rings is 2. The number of nitrogens with one attached hydrogen (secondary N) is 1. The summed E-state index contributed by atoms with van der Waals surface area (Å²) in [6.45, 7) is 5.93. The average Bonchev–Trinajstić information content (AvgIpc) is 2.74. The fourth-order valence-corrected chi connectivity index (χ4v) is 4.72. The molecular weight excluding hydrogens is 402 g/mol. The molecule has 1 aliphatic rings. The Morgan fingerprint density at radius 2 is 1.77 bits per heavy atom. The van der Waals surface area contributed by atoms with Gasteiger partial charge in [-0.1, -0.05) is 30.3 Å². The highest BCUT2D eigenvalue weighted by Gasteiger charge is 2.27. The molecule has 1 aliphatic heterocycles. The number of anilines is 1. The zero-order valence-corrected chi connectivity index (χ0v) is 18.3. The summed E-state index contributed by atoms with van der Waals surface area (Å²) in [5.74, 6) is 0.138. The zero-order valence-electron chi connectivity index (χ0n) is 17.5. The van der Waals surface area contributed by atoms with E-state index in [4.69, 9.17) is 4.74 Å². The van der Waals surface area contributed by atoms with Crippen LogP contribution in [0.3, 0.4) is 0 Å². The molecule has 0 unspecified atom stereocenters. The summed E-state index contributed by atoms with van der Waals surface area (Å²) in [5, 5.41) is 2.66. The number of para-hydroxylation sites is 1. The molecule has 1 amide bonds. The van der Waals surface area contributed by atoms with Gasteiger partial charge in [-0.3, -0.25) is 4.79 Å². The van der Waals surface area contributed by atoms with Crippen LogP contribution in [0.15, 0.2) is 54.6 Å². The number of hydrogen-bond acceptors (Lipinski definition) is 5. The molecule has 0 bridgehead atoms. The maximum atomic E-state index is 12.7. The zero-order chi connectivity index (χ0) is 21.6. The van der Waals surface area contributed by atoms with E-state index < -0.39 is 16.1 Å². The van der Waals surface area contributed by atoms with Gasteiger partial charge in [-0.2, -0.15) is 4.31 Å². The highest BCUT2D eigenvalue weighted by molar-refractivity contribution is 7.89. The van der Waals surface area contributed by atoms with Gasteiger partial charge in [-0.05, 0) is 43.7 Å². The molecule has 162 valence electrons. The number of amides is 1. The third-order valence-corrected chi connectivity index (χ3v) is 6.96. The largest absolute Gasteiger partial charge is 0.481 e. The standard InChI is InChI=1S/C22H29N3O4S/c1-18-7-6-8-20(17-18)24-12-14-25(15-13-24)30(27,28)16-11-23-22(26)19(2)29-21-9-4-3-5-10-21/h3-10,17,19H,11-16H2,1-2H3,(H,23,26)/t19-/m0/s1. The third-order valence-electron chi connectivity index (χ3n) is 5.08. The normalized spacial score (nSPS) is 16.1. The van der Waals surface area contributed by atoms with Gasteiger partial charge in [-0.25, -0.2) is 8.42 Å². The second kappa shape index (κ2) is 9.95. The van der Waals surface area contributed by atoms with E-state index in [1.807, 2.05) is 43.3 Å². The Bertz CT molecular complexity index is 942. The quantitative estimate of drug-likeness (QED) is 0.692. The van der Waals surface area contributed by atoms with Crippen LogP contribution in [0.5, 0.6) is 5.75 Å². The van der Waals surface area contributed by atoms with Crippen molar-refractivity contribution in [3.8, 4) is 5.75 Å². The molecule has 0 aliphatic carbocycles. The number of piperazine rings is 1. The average molecular weight is 432 g/mol. The topological polar surface area (TPSA) is 79.0 Å². The van der Waals surface area contributed by atoms with Crippen molar-refractivity contribution in [3.05, 3.63) is 60.2 Å². The lowest BCUT2D eigenvalue weighted by molar-refractivity contribution is -0.127. The fraction of sp³-hybridized carbons (Fsp3) is 0.409. The second-order valence-electron chi connectivity index (χ2n) is 7.41. The number of ether oxygens (including phenoxy) is 1. The van der Waals surface area contributed by atoms with Gasteiger partial charge in [0.15, 0.2) is 6.10 Å². The summed E-state index contributed by atoms with van der Waals surface area (Å²) in [6, 6.07) is 17.3. The molecule has 3 rings (SSSR count). The van der Waals surface area contributed by atoms with Gasteiger partial charge in [0.25, 0.3) is 5.91 Å². The van der Waals surface area contributed by atoms with Gasteiger partial charge in [-0.15, -0.1) is 0 Å². The van der Waals surface area contributed by atoms with Crippen LogP contribution in [-0.2, 0) is 14.8 Å². The van der Waals surface area contributed by atoms with E-state index >= 15 is 0 Å². The lowest BCUT2D eigenvalue weighted by Crippen LogP contribution is -2.50. The molecule has 1 heterocycles.